The molecule has 1 aromatic carbocycles. The average Bonchev–Trinajstić information content (AvgIpc) is 3.17. The van der Waals surface area contributed by atoms with Gasteiger partial charge in [0.1, 0.15) is 11.6 Å². The summed E-state index contributed by atoms with van der Waals surface area (Å²) in [5, 5.41) is 2.98. The largest absolute Gasteiger partial charge is 0.496 e. The number of urea groups is 1. The summed E-state index contributed by atoms with van der Waals surface area (Å²) in [6, 6.07) is 11.8. The molecular weight excluding hydrogens is 344 g/mol. The van der Waals surface area contributed by atoms with Crippen LogP contribution >= 0.6 is 0 Å². The van der Waals surface area contributed by atoms with Crippen molar-refractivity contribution in [3.63, 3.8) is 0 Å². The molecule has 27 heavy (non-hydrogen) atoms. The van der Waals surface area contributed by atoms with Gasteiger partial charge in [-0.3, -0.25) is 0 Å². The number of aromatic nitrogens is 1. The Kier molecular flexibility index (Phi) is 5.11. The van der Waals surface area contributed by atoms with E-state index in [0.717, 1.165) is 54.7 Å². The van der Waals surface area contributed by atoms with Crippen molar-refractivity contribution in [2.75, 3.05) is 38.3 Å². The molecule has 0 saturated carbocycles. The van der Waals surface area contributed by atoms with Crippen molar-refractivity contribution in [1.82, 2.24) is 15.2 Å². The summed E-state index contributed by atoms with van der Waals surface area (Å²) in [7, 11) is 1.66. The molecule has 1 fully saturated rings. The molecule has 4 rings (SSSR count). The predicted molar refractivity (Wildman–Crippen MR) is 102 cm³/mol. The van der Waals surface area contributed by atoms with Crippen LogP contribution in [0, 0.1) is 0 Å². The molecule has 0 bridgehead atoms. The standard InChI is InChI=1S/C20H24N4O3/c1-26-18-6-2-4-15-13-24(14-17(15)18)20(25)21-12-16-5-3-7-19(22-16)23-8-10-27-11-9-23/h2-7H,8-14H2,1H3,(H,21,25). The molecular formula is C20H24N4O3. The Morgan fingerprint density at radius 3 is 2.81 bits per heavy atom. The third-order valence-corrected chi connectivity index (χ3v) is 5.00. The van der Waals surface area contributed by atoms with E-state index in [4.69, 9.17) is 9.47 Å². The highest BCUT2D eigenvalue weighted by Gasteiger charge is 2.25. The molecule has 7 heteroatoms. The highest BCUT2D eigenvalue weighted by atomic mass is 16.5. The number of hydrogen-bond donors (Lipinski definition) is 1. The number of ether oxygens (including phenoxy) is 2. The van der Waals surface area contributed by atoms with Gasteiger partial charge < -0.3 is 24.6 Å². The van der Waals surface area contributed by atoms with Crippen LogP contribution in [0.4, 0.5) is 10.6 Å². The smallest absolute Gasteiger partial charge is 0.318 e. The molecule has 1 aromatic heterocycles. The van der Waals surface area contributed by atoms with E-state index in [1.165, 1.54) is 0 Å². The summed E-state index contributed by atoms with van der Waals surface area (Å²) in [4.78, 5) is 21.3. The van der Waals surface area contributed by atoms with Gasteiger partial charge in [-0.25, -0.2) is 9.78 Å². The van der Waals surface area contributed by atoms with E-state index in [1.807, 2.05) is 36.4 Å². The normalized spacial score (nSPS) is 16.2. The summed E-state index contributed by atoms with van der Waals surface area (Å²) < 4.78 is 10.8. The van der Waals surface area contributed by atoms with Gasteiger partial charge in [-0.05, 0) is 23.8 Å². The Labute approximate surface area is 158 Å². The summed E-state index contributed by atoms with van der Waals surface area (Å²) in [5.41, 5.74) is 3.07. The van der Waals surface area contributed by atoms with E-state index < -0.39 is 0 Å². The van der Waals surface area contributed by atoms with Gasteiger partial charge in [0.25, 0.3) is 0 Å². The molecule has 0 aliphatic carbocycles. The van der Waals surface area contributed by atoms with Crippen LogP contribution in [0.25, 0.3) is 0 Å². The first-order valence-electron chi connectivity index (χ1n) is 9.21. The van der Waals surface area contributed by atoms with E-state index in [-0.39, 0.29) is 6.03 Å². The number of anilines is 1. The van der Waals surface area contributed by atoms with Crippen molar-refractivity contribution in [3.8, 4) is 5.75 Å². The van der Waals surface area contributed by atoms with Gasteiger partial charge in [-0.15, -0.1) is 0 Å². The highest BCUT2D eigenvalue weighted by Crippen LogP contribution is 2.30. The number of nitrogens with one attached hydrogen (secondary N) is 1. The van der Waals surface area contributed by atoms with Gasteiger partial charge in [0, 0.05) is 25.2 Å². The van der Waals surface area contributed by atoms with Crippen LogP contribution < -0.4 is 15.0 Å². The molecule has 142 valence electrons. The van der Waals surface area contributed by atoms with E-state index in [2.05, 4.69) is 15.2 Å². The fourth-order valence-corrected chi connectivity index (χ4v) is 3.54. The number of carbonyl (C=O) groups is 1. The van der Waals surface area contributed by atoms with Crippen LogP contribution in [0.15, 0.2) is 36.4 Å². The Balaban J connectivity index is 1.36. The van der Waals surface area contributed by atoms with E-state index in [1.54, 1.807) is 12.0 Å². The first-order valence-corrected chi connectivity index (χ1v) is 9.21. The average molecular weight is 368 g/mol. The zero-order valence-electron chi connectivity index (χ0n) is 15.5. The molecule has 1 saturated heterocycles. The first kappa shape index (κ1) is 17.6. The number of carbonyl (C=O) groups excluding carboxylic acids is 1. The van der Waals surface area contributed by atoms with Gasteiger partial charge in [-0.1, -0.05) is 18.2 Å². The lowest BCUT2D eigenvalue weighted by Gasteiger charge is -2.28. The lowest BCUT2D eigenvalue weighted by molar-refractivity contribution is 0.122. The predicted octanol–water partition coefficient (Wildman–Crippen LogP) is 2.15. The first-order chi connectivity index (χ1) is 13.2. The van der Waals surface area contributed by atoms with Crippen LogP contribution in [0.5, 0.6) is 5.75 Å². The number of methoxy groups -OCH3 is 1. The highest BCUT2D eigenvalue weighted by molar-refractivity contribution is 5.75. The zero-order chi connectivity index (χ0) is 18.6. The molecule has 7 nitrogen and oxygen atoms in total. The van der Waals surface area contributed by atoms with Crippen LogP contribution in [0.2, 0.25) is 0 Å². The third-order valence-electron chi connectivity index (χ3n) is 5.00. The molecule has 2 amide bonds. The second kappa shape index (κ2) is 7.84. The number of amides is 2. The topological polar surface area (TPSA) is 66.9 Å². The van der Waals surface area contributed by atoms with Crippen LogP contribution in [0.3, 0.4) is 0 Å². The number of hydrogen-bond acceptors (Lipinski definition) is 5. The Bertz CT molecular complexity index is 821. The summed E-state index contributed by atoms with van der Waals surface area (Å²) in [6.07, 6.45) is 0. The Morgan fingerprint density at radius 2 is 2.00 bits per heavy atom. The van der Waals surface area contributed by atoms with Gasteiger partial charge >= 0.3 is 6.03 Å². The van der Waals surface area contributed by atoms with Crippen molar-refractivity contribution < 1.29 is 14.3 Å². The van der Waals surface area contributed by atoms with E-state index in [9.17, 15) is 4.79 Å². The van der Waals surface area contributed by atoms with Crippen molar-refractivity contribution in [2.24, 2.45) is 0 Å². The molecule has 0 spiro atoms. The molecule has 1 N–H and O–H groups in total. The number of rotatable bonds is 4. The molecule has 0 atom stereocenters. The van der Waals surface area contributed by atoms with E-state index in [0.29, 0.717) is 19.6 Å². The quantitative estimate of drug-likeness (QED) is 0.896. The monoisotopic (exact) mass is 368 g/mol. The minimum atomic E-state index is -0.0909. The SMILES string of the molecule is COc1cccc2c1CN(C(=O)NCc1cccc(N3CCOCC3)n1)C2. The number of fused-ring (bicyclic) bond motifs is 1. The molecule has 2 aliphatic heterocycles. The minimum absolute atomic E-state index is 0.0909. The maximum atomic E-state index is 12.6. The van der Waals surface area contributed by atoms with Gasteiger partial charge in [-0.2, -0.15) is 0 Å². The van der Waals surface area contributed by atoms with Crippen molar-refractivity contribution in [3.05, 3.63) is 53.2 Å². The number of morpholine rings is 1. The van der Waals surface area contributed by atoms with Crippen molar-refractivity contribution >= 4 is 11.8 Å². The molecule has 2 aliphatic rings. The molecule has 3 heterocycles. The second-order valence-corrected chi connectivity index (χ2v) is 6.70. The maximum absolute atomic E-state index is 12.6. The van der Waals surface area contributed by atoms with Gasteiger partial charge in [0.15, 0.2) is 0 Å². The maximum Gasteiger partial charge on any atom is 0.318 e. The Morgan fingerprint density at radius 1 is 1.19 bits per heavy atom. The molecule has 0 radical (unpaired) electrons. The van der Waals surface area contributed by atoms with Crippen LogP contribution in [0.1, 0.15) is 16.8 Å². The number of nitrogens with zero attached hydrogens (tertiary/aromatic N) is 3. The zero-order valence-corrected chi connectivity index (χ0v) is 15.5. The number of benzene rings is 1. The second-order valence-electron chi connectivity index (χ2n) is 6.70. The van der Waals surface area contributed by atoms with Gasteiger partial charge in [0.05, 0.1) is 39.1 Å². The summed E-state index contributed by atoms with van der Waals surface area (Å²) in [6.45, 7) is 4.70. The third kappa shape index (κ3) is 3.83. The summed E-state index contributed by atoms with van der Waals surface area (Å²) in [5.74, 6) is 1.77. The number of pyridine rings is 1. The summed E-state index contributed by atoms with van der Waals surface area (Å²) >= 11 is 0. The van der Waals surface area contributed by atoms with E-state index >= 15 is 0 Å². The minimum Gasteiger partial charge on any atom is -0.496 e. The van der Waals surface area contributed by atoms with Crippen LogP contribution in [-0.2, 0) is 24.4 Å². The van der Waals surface area contributed by atoms with Crippen LogP contribution in [-0.4, -0.2) is 49.3 Å². The Hall–Kier alpha value is -2.80. The van der Waals surface area contributed by atoms with Crippen molar-refractivity contribution in [1.29, 1.82) is 0 Å². The fourth-order valence-electron chi connectivity index (χ4n) is 3.54. The fraction of sp³-hybridized carbons (Fsp3) is 0.400. The lowest BCUT2D eigenvalue weighted by Crippen LogP contribution is -2.37. The van der Waals surface area contributed by atoms with Crippen molar-refractivity contribution in [2.45, 2.75) is 19.6 Å². The lowest BCUT2D eigenvalue weighted by atomic mass is 10.1. The molecule has 2 aromatic rings. The van der Waals surface area contributed by atoms with Gasteiger partial charge in [0.2, 0.25) is 0 Å². The molecule has 0 unspecified atom stereocenters.